The standard InChI is InChI=1S/C15H15BrN2O/c1-9-3-6-14(12(16)7-9)18-15(19)11-4-5-13(17)10(2)8-11/h3-8H,17H2,1-2H3,(H,18,19). The summed E-state index contributed by atoms with van der Waals surface area (Å²) in [4.78, 5) is 12.1. The number of rotatable bonds is 2. The Labute approximate surface area is 121 Å². The molecule has 0 fully saturated rings. The van der Waals surface area contributed by atoms with Gasteiger partial charge in [0, 0.05) is 15.7 Å². The molecule has 2 aromatic rings. The first kappa shape index (κ1) is 13.6. The van der Waals surface area contributed by atoms with Crippen molar-refractivity contribution in [3.8, 4) is 0 Å². The molecule has 3 N–H and O–H groups in total. The maximum atomic E-state index is 12.1. The highest BCUT2D eigenvalue weighted by atomic mass is 79.9. The molecule has 0 radical (unpaired) electrons. The average molecular weight is 319 g/mol. The average Bonchev–Trinajstić information content (AvgIpc) is 2.36. The van der Waals surface area contributed by atoms with E-state index in [-0.39, 0.29) is 5.91 Å². The Morgan fingerprint density at radius 1 is 1.16 bits per heavy atom. The fourth-order valence-electron chi connectivity index (χ4n) is 1.73. The lowest BCUT2D eigenvalue weighted by Crippen LogP contribution is -2.12. The number of anilines is 2. The predicted molar refractivity (Wildman–Crippen MR) is 82.4 cm³/mol. The third kappa shape index (κ3) is 3.15. The van der Waals surface area contributed by atoms with Crippen molar-refractivity contribution in [1.29, 1.82) is 0 Å². The van der Waals surface area contributed by atoms with Crippen molar-refractivity contribution in [1.82, 2.24) is 0 Å². The zero-order chi connectivity index (χ0) is 14.0. The van der Waals surface area contributed by atoms with Gasteiger partial charge in [0.25, 0.3) is 5.91 Å². The molecule has 0 unspecified atom stereocenters. The highest BCUT2D eigenvalue weighted by molar-refractivity contribution is 9.10. The second kappa shape index (κ2) is 5.45. The van der Waals surface area contributed by atoms with Crippen LogP contribution in [-0.2, 0) is 0 Å². The van der Waals surface area contributed by atoms with Gasteiger partial charge in [-0.2, -0.15) is 0 Å². The summed E-state index contributed by atoms with van der Waals surface area (Å²) < 4.78 is 0.869. The number of carbonyl (C=O) groups is 1. The van der Waals surface area contributed by atoms with Crippen LogP contribution in [0.2, 0.25) is 0 Å². The second-order valence-electron chi connectivity index (χ2n) is 4.51. The minimum absolute atomic E-state index is 0.146. The van der Waals surface area contributed by atoms with Crippen molar-refractivity contribution < 1.29 is 4.79 Å². The third-order valence-corrected chi connectivity index (χ3v) is 3.56. The van der Waals surface area contributed by atoms with Crippen LogP contribution in [0.3, 0.4) is 0 Å². The summed E-state index contributed by atoms with van der Waals surface area (Å²) in [5.74, 6) is -0.146. The van der Waals surface area contributed by atoms with E-state index in [0.29, 0.717) is 11.3 Å². The lowest BCUT2D eigenvalue weighted by Gasteiger charge is -2.09. The number of hydrogen-bond donors (Lipinski definition) is 2. The minimum atomic E-state index is -0.146. The number of nitrogen functional groups attached to an aromatic ring is 1. The van der Waals surface area contributed by atoms with E-state index >= 15 is 0 Å². The van der Waals surface area contributed by atoms with Gasteiger partial charge in [0.05, 0.1) is 5.69 Å². The van der Waals surface area contributed by atoms with Gasteiger partial charge in [0.1, 0.15) is 0 Å². The van der Waals surface area contributed by atoms with Crippen LogP contribution in [0.1, 0.15) is 21.5 Å². The van der Waals surface area contributed by atoms with Crippen LogP contribution in [0.25, 0.3) is 0 Å². The van der Waals surface area contributed by atoms with Gasteiger partial charge in [-0.15, -0.1) is 0 Å². The summed E-state index contributed by atoms with van der Waals surface area (Å²) in [5, 5.41) is 2.87. The normalized spacial score (nSPS) is 10.3. The maximum Gasteiger partial charge on any atom is 0.255 e. The topological polar surface area (TPSA) is 55.1 Å². The van der Waals surface area contributed by atoms with E-state index in [1.807, 2.05) is 32.0 Å². The van der Waals surface area contributed by atoms with Crippen LogP contribution in [0, 0.1) is 13.8 Å². The van der Waals surface area contributed by atoms with Gasteiger partial charge >= 0.3 is 0 Å². The van der Waals surface area contributed by atoms with Crippen LogP contribution in [-0.4, -0.2) is 5.91 Å². The van der Waals surface area contributed by atoms with E-state index < -0.39 is 0 Å². The highest BCUT2D eigenvalue weighted by Gasteiger charge is 2.09. The molecule has 4 heteroatoms. The monoisotopic (exact) mass is 318 g/mol. The Morgan fingerprint density at radius 2 is 1.89 bits per heavy atom. The zero-order valence-corrected chi connectivity index (χ0v) is 12.4. The van der Waals surface area contributed by atoms with Gasteiger partial charge in [-0.3, -0.25) is 4.79 Å². The Balaban J connectivity index is 2.23. The highest BCUT2D eigenvalue weighted by Crippen LogP contribution is 2.24. The van der Waals surface area contributed by atoms with Crippen molar-refractivity contribution in [2.75, 3.05) is 11.1 Å². The van der Waals surface area contributed by atoms with Crippen LogP contribution >= 0.6 is 15.9 Å². The number of halogens is 1. The molecule has 0 aliphatic rings. The summed E-state index contributed by atoms with van der Waals surface area (Å²) >= 11 is 3.44. The van der Waals surface area contributed by atoms with E-state index in [1.54, 1.807) is 18.2 Å². The van der Waals surface area contributed by atoms with Crippen molar-refractivity contribution in [2.45, 2.75) is 13.8 Å². The van der Waals surface area contributed by atoms with Gasteiger partial charge in [0.2, 0.25) is 0 Å². The van der Waals surface area contributed by atoms with E-state index in [4.69, 9.17) is 5.73 Å². The smallest absolute Gasteiger partial charge is 0.255 e. The Kier molecular flexibility index (Phi) is 3.90. The summed E-state index contributed by atoms with van der Waals surface area (Å²) in [5.41, 5.74) is 9.81. The van der Waals surface area contributed by atoms with E-state index in [0.717, 1.165) is 21.3 Å². The molecule has 3 nitrogen and oxygen atoms in total. The van der Waals surface area contributed by atoms with Crippen LogP contribution in [0.15, 0.2) is 40.9 Å². The lowest BCUT2D eigenvalue weighted by molar-refractivity contribution is 0.102. The van der Waals surface area contributed by atoms with Crippen molar-refractivity contribution in [2.24, 2.45) is 0 Å². The number of amides is 1. The van der Waals surface area contributed by atoms with Crippen molar-refractivity contribution in [3.63, 3.8) is 0 Å². The number of benzene rings is 2. The molecular formula is C15H15BrN2O. The fraction of sp³-hybridized carbons (Fsp3) is 0.133. The Bertz CT molecular complexity index is 638. The molecule has 0 atom stereocenters. The second-order valence-corrected chi connectivity index (χ2v) is 5.36. The number of nitrogens with one attached hydrogen (secondary N) is 1. The molecule has 0 heterocycles. The molecule has 2 rings (SSSR count). The number of hydrogen-bond acceptors (Lipinski definition) is 2. The first-order chi connectivity index (χ1) is 8.97. The van der Waals surface area contributed by atoms with Gasteiger partial charge in [-0.25, -0.2) is 0 Å². The summed E-state index contributed by atoms with van der Waals surface area (Å²) in [6, 6.07) is 11.0. The molecule has 0 saturated heterocycles. The minimum Gasteiger partial charge on any atom is -0.399 e. The number of aryl methyl sites for hydroxylation is 2. The van der Waals surface area contributed by atoms with Crippen LogP contribution in [0.5, 0.6) is 0 Å². The molecule has 0 spiro atoms. The molecule has 0 aliphatic heterocycles. The molecule has 0 aliphatic carbocycles. The molecule has 0 saturated carbocycles. The van der Waals surface area contributed by atoms with Crippen LogP contribution in [0.4, 0.5) is 11.4 Å². The largest absolute Gasteiger partial charge is 0.399 e. The molecule has 2 aromatic carbocycles. The predicted octanol–water partition coefficient (Wildman–Crippen LogP) is 3.90. The summed E-state index contributed by atoms with van der Waals surface area (Å²) in [6.45, 7) is 3.88. The van der Waals surface area contributed by atoms with Crippen LogP contribution < -0.4 is 11.1 Å². The first-order valence-corrected chi connectivity index (χ1v) is 6.70. The van der Waals surface area contributed by atoms with Crippen molar-refractivity contribution >= 4 is 33.2 Å². The van der Waals surface area contributed by atoms with Gasteiger partial charge in [-0.05, 0) is 71.2 Å². The first-order valence-electron chi connectivity index (χ1n) is 5.91. The van der Waals surface area contributed by atoms with Crippen molar-refractivity contribution in [3.05, 3.63) is 57.6 Å². The zero-order valence-electron chi connectivity index (χ0n) is 10.8. The van der Waals surface area contributed by atoms with E-state index in [1.165, 1.54) is 0 Å². The van der Waals surface area contributed by atoms with E-state index in [9.17, 15) is 4.79 Å². The maximum absolute atomic E-state index is 12.1. The SMILES string of the molecule is Cc1ccc(NC(=O)c2ccc(N)c(C)c2)c(Br)c1. The molecule has 19 heavy (non-hydrogen) atoms. The number of nitrogens with two attached hydrogens (primary N) is 1. The molecule has 98 valence electrons. The van der Waals surface area contributed by atoms with Gasteiger partial charge < -0.3 is 11.1 Å². The van der Waals surface area contributed by atoms with Gasteiger partial charge in [0.15, 0.2) is 0 Å². The number of carbonyl (C=O) groups excluding carboxylic acids is 1. The molecule has 1 amide bonds. The summed E-state index contributed by atoms with van der Waals surface area (Å²) in [7, 11) is 0. The quantitative estimate of drug-likeness (QED) is 0.825. The van der Waals surface area contributed by atoms with Gasteiger partial charge in [-0.1, -0.05) is 6.07 Å². The summed E-state index contributed by atoms with van der Waals surface area (Å²) in [6.07, 6.45) is 0. The third-order valence-electron chi connectivity index (χ3n) is 2.90. The van der Waals surface area contributed by atoms with E-state index in [2.05, 4.69) is 21.2 Å². The molecular weight excluding hydrogens is 304 g/mol. The Morgan fingerprint density at radius 3 is 2.53 bits per heavy atom. The lowest BCUT2D eigenvalue weighted by atomic mass is 10.1. The molecule has 0 aromatic heterocycles. The Hall–Kier alpha value is -1.81. The fourth-order valence-corrected chi connectivity index (χ4v) is 2.33. The molecule has 0 bridgehead atoms.